The average molecular weight is 303 g/mol. The van der Waals surface area contributed by atoms with Gasteiger partial charge in [-0.05, 0) is 44.9 Å². The van der Waals surface area contributed by atoms with Crippen LogP contribution < -0.4 is 5.73 Å². The highest BCUT2D eigenvalue weighted by atomic mass is 16.1. The Balaban J connectivity index is 3.40. The van der Waals surface area contributed by atoms with Crippen LogP contribution in [0.25, 0.3) is 0 Å². The minimum absolute atomic E-state index is 0.212. The lowest BCUT2D eigenvalue weighted by Gasteiger charge is -1.91. The third kappa shape index (κ3) is 18.4. The zero-order chi connectivity index (χ0) is 16.3. The summed E-state index contributed by atoms with van der Waals surface area (Å²) in [6.45, 7) is 2.24. The molecule has 0 heterocycles. The van der Waals surface area contributed by atoms with Gasteiger partial charge in [-0.15, -0.1) is 0 Å². The van der Waals surface area contributed by atoms with Crippen LogP contribution in [0.2, 0.25) is 0 Å². The maximum Gasteiger partial charge on any atom is 0.217 e. The van der Waals surface area contributed by atoms with E-state index in [9.17, 15) is 4.79 Å². The SMILES string of the molecule is CCCCC/C=C/C/C=C/C/C=C/C/C=C/CCCC(N)=O. The summed E-state index contributed by atoms with van der Waals surface area (Å²) in [4.78, 5) is 10.5. The van der Waals surface area contributed by atoms with Crippen LogP contribution in [0.1, 0.15) is 71.1 Å². The number of allylic oxidation sites excluding steroid dienone is 8. The molecule has 0 saturated heterocycles. The highest BCUT2D eigenvalue weighted by Gasteiger charge is 1.90. The van der Waals surface area contributed by atoms with E-state index in [0.717, 1.165) is 32.1 Å². The van der Waals surface area contributed by atoms with E-state index in [-0.39, 0.29) is 5.91 Å². The van der Waals surface area contributed by atoms with Gasteiger partial charge < -0.3 is 5.73 Å². The van der Waals surface area contributed by atoms with Crippen molar-refractivity contribution in [3.63, 3.8) is 0 Å². The largest absolute Gasteiger partial charge is 0.370 e. The Kier molecular flexibility index (Phi) is 16.2. The quantitative estimate of drug-likeness (QED) is 0.328. The molecule has 124 valence electrons. The van der Waals surface area contributed by atoms with Gasteiger partial charge in [-0.2, -0.15) is 0 Å². The van der Waals surface area contributed by atoms with Gasteiger partial charge in [0.1, 0.15) is 0 Å². The van der Waals surface area contributed by atoms with E-state index in [2.05, 4.69) is 55.5 Å². The summed E-state index contributed by atoms with van der Waals surface area (Å²) in [6.07, 6.45) is 28.0. The number of primary amides is 1. The molecule has 0 spiro atoms. The molecule has 2 N–H and O–H groups in total. The van der Waals surface area contributed by atoms with Crippen LogP contribution in [0.3, 0.4) is 0 Å². The van der Waals surface area contributed by atoms with Gasteiger partial charge in [-0.25, -0.2) is 0 Å². The lowest BCUT2D eigenvalue weighted by atomic mass is 10.2. The van der Waals surface area contributed by atoms with E-state index >= 15 is 0 Å². The molecular weight excluding hydrogens is 270 g/mol. The molecule has 0 bridgehead atoms. The minimum Gasteiger partial charge on any atom is -0.370 e. The topological polar surface area (TPSA) is 43.1 Å². The van der Waals surface area contributed by atoms with Crippen LogP contribution in [0, 0.1) is 0 Å². The molecule has 0 atom stereocenters. The molecule has 0 saturated carbocycles. The number of carbonyl (C=O) groups excluding carboxylic acids is 1. The van der Waals surface area contributed by atoms with E-state index in [1.807, 2.05) is 0 Å². The number of amides is 1. The highest BCUT2D eigenvalue weighted by Crippen LogP contribution is 2.01. The molecular formula is C20H33NO. The Morgan fingerprint density at radius 3 is 1.64 bits per heavy atom. The zero-order valence-corrected chi connectivity index (χ0v) is 14.2. The number of rotatable bonds is 14. The molecule has 0 aromatic rings. The lowest BCUT2D eigenvalue weighted by Crippen LogP contribution is -2.09. The zero-order valence-electron chi connectivity index (χ0n) is 14.2. The Labute approximate surface area is 136 Å². The number of carbonyl (C=O) groups is 1. The van der Waals surface area contributed by atoms with Crippen LogP contribution >= 0.6 is 0 Å². The van der Waals surface area contributed by atoms with Crippen LogP contribution in [0.4, 0.5) is 0 Å². The molecule has 0 aliphatic heterocycles. The van der Waals surface area contributed by atoms with Crippen molar-refractivity contribution in [2.24, 2.45) is 5.73 Å². The van der Waals surface area contributed by atoms with Gasteiger partial charge in [0.25, 0.3) is 0 Å². The predicted molar refractivity (Wildman–Crippen MR) is 97.6 cm³/mol. The van der Waals surface area contributed by atoms with Crippen molar-refractivity contribution in [1.82, 2.24) is 0 Å². The number of hydrogen-bond donors (Lipinski definition) is 1. The average Bonchev–Trinajstić information content (AvgIpc) is 2.50. The van der Waals surface area contributed by atoms with Crippen molar-refractivity contribution in [2.75, 3.05) is 0 Å². The molecule has 0 aromatic heterocycles. The van der Waals surface area contributed by atoms with Crippen molar-refractivity contribution >= 4 is 5.91 Å². The summed E-state index contributed by atoms with van der Waals surface area (Å²) in [5.74, 6) is -0.212. The van der Waals surface area contributed by atoms with Crippen molar-refractivity contribution in [3.05, 3.63) is 48.6 Å². The fraction of sp³-hybridized carbons (Fsp3) is 0.550. The Bertz CT molecular complexity index is 364. The second-order valence-electron chi connectivity index (χ2n) is 5.45. The van der Waals surface area contributed by atoms with E-state index in [4.69, 9.17) is 5.73 Å². The first-order chi connectivity index (χ1) is 10.8. The second kappa shape index (κ2) is 17.5. The van der Waals surface area contributed by atoms with Crippen LogP contribution in [0.5, 0.6) is 0 Å². The fourth-order valence-corrected chi connectivity index (χ4v) is 1.96. The van der Waals surface area contributed by atoms with Gasteiger partial charge in [-0.3, -0.25) is 4.79 Å². The first-order valence-electron chi connectivity index (χ1n) is 8.65. The minimum atomic E-state index is -0.212. The highest BCUT2D eigenvalue weighted by molar-refractivity contribution is 5.73. The summed E-state index contributed by atoms with van der Waals surface area (Å²) < 4.78 is 0. The molecule has 0 aliphatic rings. The standard InChI is InChI=1S/C20H33NO/c1-2-3-4-5-6-7-8-9-10-11-12-13-14-15-16-17-18-19-20(21)22/h6-7,9-10,12-13,15-16H,2-5,8,11,14,17-19H2,1H3,(H2,21,22)/b7-6+,10-9+,13-12+,16-15+. The molecule has 0 rings (SSSR count). The number of hydrogen-bond acceptors (Lipinski definition) is 1. The summed E-state index contributed by atoms with van der Waals surface area (Å²) in [7, 11) is 0. The first kappa shape index (κ1) is 20.4. The van der Waals surface area contributed by atoms with E-state index < -0.39 is 0 Å². The first-order valence-corrected chi connectivity index (χ1v) is 8.65. The molecule has 0 radical (unpaired) electrons. The normalized spacial score (nSPS) is 12.4. The summed E-state index contributed by atoms with van der Waals surface area (Å²) in [6, 6.07) is 0. The molecule has 0 unspecified atom stereocenters. The summed E-state index contributed by atoms with van der Waals surface area (Å²) >= 11 is 0. The Morgan fingerprint density at radius 2 is 1.18 bits per heavy atom. The Hall–Kier alpha value is -1.57. The molecule has 2 nitrogen and oxygen atoms in total. The van der Waals surface area contributed by atoms with Gasteiger partial charge in [-0.1, -0.05) is 68.4 Å². The monoisotopic (exact) mass is 303 g/mol. The molecule has 0 aliphatic carbocycles. The smallest absolute Gasteiger partial charge is 0.217 e. The van der Waals surface area contributed by atoms with Gasteiger partial charge in [0, 0.05) is 6.42 Å². The van der Waals surface area contributed by atoms with Crippen molar-refractivity contribution in [1.29, 1.82) is 0 Å². The second-order valence-corrected chi connectivity index (χ2v) is 5.45. The Morgan fingerprint density at radius 1 is 0.727 bits per heavy atom. The fourth-order valence-electron chi connectivity index (χ4n) is 1.96. The van der Waals surface area contributed by atoms with Gasteiger partial charge >= 0.3 is 0 Å². The maximum atomic E-state index is 10.5. The van der Waals surface area contributed by atoms with E-state index in [1.165, 1.54) is 25.7 Å². The van der Waals surface area contributed by atoms with Crippen molar-refractivity contribution in [2.45, 2.75) is 71.1 Å². The molecule has 1 amide bonds. The number of nitrogens with two attached hydrogens (primary N) is 1. The molecule has 2 heteroatoms. The third-order valence-electron chi connectivity index (χ3n) is 3.25. The van der Waals surface area contributed by atoms with Crippen LogP contribution in [0.15, 0.2) is 48.6 Å². The summed E-state index contributed by atoms with van der Waals surface area (Å²) in [5.41, 5.74) is 5.07. The van der Waals surface area contributed by atoms with Crippen molar-refractivity contribution < 1.29 is 4.79 Å². The van der Waals surface area contributed by atoms with Crippen LogP contribution in [-0.2, 0) is 4.79 Å². The predicted octanol–water partition coefficient (Wildman–Crippen LogP) is 5.62. The van der Waals surface area contributed by atoms with E-state index in [1.54, 1.807) is 0 Å². The van der Waals surface area contributed by atoms with Gasteiger partial charge in [0.15, 0.2) is 0 Å². The number of unbranched alkanes of at least 4 members (excludes halogenated alkanes) is 4. The van der Waals surface area contributed by atoms with Gasteiger partial charge in [0.2, 0.25) is 5.91 Å². The molecule has 0 fully saturated rings. The van der Waals surface area contributed by atoms with Gasteiger partial charge in [0.05, 0.1) is 0 Å². The van der Waals surface area contributed by atoms with Crippen molar-refractivity contribution in [3.8, 4) is 0 Å². The maximum absolute atomic E-state index is 10.5. The third-order valence-corrected chi connectivity index (χ3v) is 3.25. The lowest BCUT2D eigenvalue weighted by molar-refractivity contribution is -0.118. The molecule has 22 heavy (non-hydrogen) atoms. The molecule has 0 aromatic carbocycles. The van der Waals surface area contributed by atoms with E-state index in [0.29, 0.717) is 6.42 Å². The van der Waals surface area contributed by atoms with Crippen LogP contribution in [-0.4, -0.2) is 5.91 Å². The summed E-state index contributed by atoms with van der Waals surface area (Å²) in [5, 5.41) is 0.